The molecule has 1 atom stereocenters. The molecule has 2 heterocycles. The number of amides is 2. The van der Waals surface area contributed by atoms with Crippen molar-refractivity contribution in [1.82, 2.24) is 10.3 Å². The van der Waals surface area contributed by atoms with Crippen molar-refractivity contribution >= 4 is 23.5 Å². The number of benzene rings is 2. The molecular formula is C23H15N3O5. The van der Waals surface area contributed by atoms with Gasteiger partial charge in [-0.25, -0.2) is 9.78 Å². The first-order chi connectivity index (χ1) is 15.0. The van der Waals surface area contributed by atoms with E-state index in [1.807, 2.05) is 30.3 Å². The monoisotopic (exact) mass is 413 g/mol. The Bertz CT molecular complexity index is 1250. The molecule has 2 aromatic carbocycles. The van der Waals surface area contributed by atoms with Gasteiger partial charge in [-0.05, 0) is 17.7 Å². The number of hydrogen-bond donors (Lipinski definition) is 2. The summed E-state index contributed by atoms with van der Waals surface area (Å²) in [4.78, 5) is 43.7. The topological polar surface area (TPSA) is 122 Å². The van der Waals surface area contributed by atoms with Crippen molar-refractivity contribution in [2.75, 3.05) is 0 Å². The van der Waals surface area contributed by atoms with E-state index in [0.717, 1.165) is 11.1 Å². The van der Waals surface area contributed by atoms with Gasteiger partial charge >= 0.3 is 5.97 Å². The Kier molecular flexibility index (Phi) is 5.41. The van der Waals surface area contributed by atoms with Crippen LogP contribution in [-0.4, -0.2) is 39.6 Å². The van der Waals surface area contributed by atoms with Gasteiger partial charge in [-0.1, -0.05) is 54.3 Å². The smallest absolute Gasteiger partial charge is 0.335 e. The van der Waals surface area contributed by atoms with Gasteiger partial charge < -0.3 is 14.8 Å². The maximum Gasteiger partial charge on any atom is 0.335 e. The first-order valence-electron chi connectivity index (χ1n) is 9.26. The fourth-order valence-corrected chi connectivity index (χ4v) is 2.87. The number of carbonyl (C=O) groups excluding carboxylic acids is 2. The van der Waals surface area contributed by atoms with Gasteiger partial charge in [0.05, 0.1) is 5.56 Å². The van der Waals surface area contributed by atoms with Gasteiger partial charge in [0.15, 0.2) is 11.8 Å². The molecule has 1 unspecified atom stereocenters. The molecule has 1 aliphatic rings. The highest BCUT2D eigenvalue weighted by atomic mass is 16.4. The molecule has 1 aliphatic heterocycles. The lowest BCUT2D eigenvalue weighted by Crippen LogP contribution is -2.47. The Morgan fingerprint density at radius 2 is 1.84 bits per heavy atom. The molecule has 3 aromatic rings. The maximum absolute atomic E-state index is 12.4. The van der Waals surface area contributed by atoms with E-state index < -0.39 is 23.8 Å². The number of hydrogen-bond acceptors (Lipinski definition) is 5. The summed E-state index contributed by atoms with van der Waals surface area (Å²) in [5.41, 5.74) is 2.09. The standard InChI is InChI=1S/C23H15N3O5/c27-20-17(8-4-5-14-9-11-16(12-10-14)23(29)30)24-21(28)19(26-20)22-25-18(13-31-22)15-6-2-1-3-7-15/h1-3,6-7,9-13,17H,5H2,(H,24,28)(H,29,30). The van der Waals surface area contributed by atoms with Crippen molar-refractivity contribution in [3.05, 3.63) is 77.9 Å². The zero-order valence-corrected chi connectivity index (χ0v) is 16.0. The lowest BCUT2D eigenvalue weighted by molar-refractivity contribution is -0.124. The minimum absolute atomic E-state index is 0.0466. The zero-order chi connectivity index (χ0) is 21.8. The highest BCUT2D eigenvalue weighted by Crippen LogP contribution is 2.19. The molecule has 8 heteroatoms. The predicted octanol–water partition coefficient (Wildman–Crippen LogP) is 2.10. The van der Waals surface area contributed by atoms with E-state index in [9.17, 15) is 14.4 Å². The Morgan fingerprint density at radius 3 is 2.55 bits per heavy atom. The first-order valence-corrected chi connectivity index (χ1v) is 9.26. The van der Waals surface area contributed by atoms with E-state index in [4.69, 9.17) is 9.52 Å². The van der Waals surface area contributed by atoms with Gasteiger partial charge in [0, 0.05) is 12.0 Å². The number of aromatic nitrogens is 1. The molecule has 2 N–H and O–H groups in total. The largest absolute Gasteiger partial charge is 0.478 e. The third-order valence-corrected chi connectivity index (χ3v) is 4.48. The summed E-state index contributed by atoms with van der Waals surface area (Å²) >= 11 is 0. The van der Waals surface area contributed by atoms with E-state index in [1.54, 1.807) is 12.1 Å². The molecule has 152 valence electrons. The number of aromatic carboxylic acids is 1. The van der Waals surface area contributed by atoms with E-state index >= 15 is 0 Å². The normalized spacial score (nSPS) is 15.5. The second-order valence-corrected chi connectivity index (χ2v) is 6.61. The molecule has 31 heavy (non-hydrogen) atoms. The molecule has 1 aromatic heterocycles. The van der Waals surface area contributed by atoms with Crippen LogP contribution in [0.5, 0.6) is 0 Å². The van der Waals surface area contributed by atoms with Gasteiger partial charge in [-0.3, -0.25) is 9.59 Å². The lowest BCUT2D eigenvalue weighted by atomic mass is 10.1. The van der Waals surface area contributed by atoms with Crippen LogP contribution in [0.3, 0.4) is 0 Å². The summed E-state index contributed by atoms with van der Waals surface area (Å²) in [5, 5.41) is 11.4. The molecule has 0 radical (unpaired) electrons. The summed E-state index contributed by atoms with van der Waals surface area (Å²) in [6.45, 7) is 0. The van der Waals surface area contributed by atoms with Crippen LogP contribution >= 0.6 is 0 Å². The SMILES string of the molecule is O=C1NC(C#CCc2ccc(C(=O)O)cc2)C(=O)N=C1c1nc(-c2ccccc2)co1. The van der Waals surface area contributed by atoms with Crippen LogP contribution in [0.2, 0.25) is 0 Å². The van der Waals surface area contributed by atoms with Crippen molar-refractivity contribution in [3.63, 3.8) is 0 Å². The number of nitrogens with one attached hydrogen (secondary N) is 1. The van der Waals surface area contributed by atoms with Gasteiger partial charge in [-0.15, -0.1) is 0 Å². The van der Waals surface area contributed by atoms with Crippen molar-refractivity contribution in [2.24, 2.45) is 4.99 Å². The number of carboxylic acid groups (broad SMARTS) is 1. The molecule has 0 saturated heterocycles. The average molecular weight is 413 g/mol. The zero-order valence-electron chi connectivity index (χ0n) is 16.0. The summed E-state index contributed by atoms with van der Waals surface area (Å²) in [7, 11) is 0. The van der Waals surface area contributed by atoms with Crippen LogP contribution in [-0.2, 0) is 16.0 Å². The maximum atomic E-state index is 12.4. The number of oxazole rings is 1. The summed E-state index contributed by atoms with van der Waals surface area (Å²) < 4.78 is 5.35. The molecule has 0 bridgehead atoms. The van der Waals surface area contributed by atoms with Gasteiger partial charge in [0.1, 0.15) is 12.0 Å². The summed E-state index contributed by atoms with van der Waals surface area (Å²) in [6.07, 6.45) is 1.68. The molecule has 4 rings (SSSR count). The van der Waals surface area contributed by atoms with Crippen LogP contribution in [0.25, 0.3) is 11.3 Å². The minimum atomic E-state index is -1.07. The number of nitrogens with zero attached hydrogens (tertiary/aromatic N) is 2. The Balaban J connectivity index is 1.46. The van der Waals surface area contributed by atoms with Crippen LogP contribution in [0.15, 0.2) is 70.3 Å². The van der Waals surface area contributed by atoms with Crippen molar-refractivity contribution in [1.29, 1.82) is 0 Å². The van der Waals surface area contributed by atoms with Crippen molar-refractivity contribution in [2.45, 2.75) is 12.5 Å². The Hall–Kier alpha value is -4.51. The van der Waals surface area contributed by atoms with Crippen molar-refractivity contribution in [3.8, 4) is 23.1 Å². The van der Waals surface area contributed by atoms with E-state index in [2.05, 4.69) is 27.1 Å². The molecule has 0 fully saturated rings. The molecule has 0 aliphatic carbocycles. The highest BCUT2D eigenvalue weighted by Gasteiger charge is 2.31. The second-order valence-electron chi connectivity index (χ2n) is 6.61. The molecule has 2 amide bonds. The number of carbonyl (C=O) groups is 3. The minimum Gasteiger partial charge on any atom is -0.478 e. The van der Waals surface area contributed by atoms with Crippen LogP contribution < -0.4 is 5.32 Å². The predicted molar refractivity (Wildman–Crippen MR) is 110 cm³/mol. The van der Waals surface area contributed by atoms with E-state index in [-0.39, 0.29) is 23.6 Å². The molecular weight excluding hydrogens is 398 g/mol. The molecule has 0 saturated carbocycles. The second kappa shape index (κ2) is 8.47. The van der Waals surface area contributed by atoms with Crippen LogP contribution in [0.1, 0.15) is 21.8 Å². The Labute approximate surface area is 176 Å². The number of aliphatic imine (C=N–C) groups is 1. The fraction of sp³-hybridized carbons (Fsp3) is 0.0870. The summed E-state index contributed by atoms with van der Waals surface area (Å²) in [5.74, 6) is 3.21. The summed E-state index contributed by atoms with van der Waals surface area (Å²) in [6, 6.07) is 14.4. The van der Waals surface area contributed by atoms with Gasteiger partial charge in [-0.2, -0.15) is 4.99 Å². The fourth-order valence-electron chi connectivity index (χ4n) is 2.87. The highest BCUT2D eigenvalue weighted by molar-refractivity contribution is 6.47. The van der Waals surface area contributed by atoms with Crippen molar-refractivity contribution < 1.29 is 23.9 Å². The lowest BCUT2D eigenvalue weighted by Gasteiger charge is -2.15. The molecule has 0 spiro atoms. The van der Waals surface area contributed by atoms with Gasteiger partial charge in [0.2, 0.25) is 0 Å². The third-order valence-electron chi connectivity index (χ3n) is 4.48. The van der Waals surface area contributed by atoms with E-state index in [0.29, 0.717) is 5.69 Å². The van der Waals surface area contributed by atoms with Crippen LogP contribution in [0.4, 0.5) is 0 Å². The molecule has 8 nitrogen and oxygen atoms in total. The van der Waals surface area contributed by atoms with Gasteiger partial charge in [0.25, 0.3) is 17.7 Å². The average Bonchev–Trinajstić information content (AvgIpc) is 3.27. The Morgan fingerprint density at radius 1 is 1.10 bits per heavy atom. The number of rotatable bonds is 4. The third kappa shape index (κ3) is 4.41. The number of carboxylic acids is 1. The first kappa shape index (κ1) is 19.8. The quantitative estimate of drug-likeness (QED) is 0.632. The van der Waals surface area contributed by atoms with E-state index in [1.165, 1.54) is 18.4 Å². The van der Waals surface area contributed by atoms with Crippen LogP contribution in [0, 0.1) is 11.8 Å².